The molecule has 0 rings (SSSR count). The van der Waals surface area contributed by atoms with Crippen LogP contribution in [-0.4, -0.2) is 29.7 Å². The second-order valence-corrected chi connectivity index (χ2v) is 3.36. The van der Waals surface area contributed by atoms with Crippen LogP contribution in [0.15, 0.2) is 0 Å². The van der Waals surface area contributed by atoms with Crippen molar-refractivity contribution in [1.29, 1.82) is 0 Å². The molecule has 5 heteroatoms. The predicted molar refractivity (Wildman–Crippen MR) is 51.7 cm³/mol. The van der Waals surface area contributed by atoms with E-state index in [1.807, 2.05) is 0 Å². The molecule has 1 unspecified atom stereocenters. The third-order valence-electron chi connectivity index (χ3n) is 2.41. The van der Waals surface area contributed by atoms with Gasteiger partial charge in [-0.3, -0.25) is 0 Å². The van der Waals surface area contributed by atoms with E-state index in [1.165, 1.54) is 6.92 Å². The van der Waals surface area contributed by atoms with Crippen molar-refractivity contribution in [3.8, 4) is 0 Å². The van der Waals surface area contributed by atoms with E-state index in [4.69, 9.17) is 0 Å². The lowest BCUT2D eigenvalue weighted by molar-refractivity contribution is -0.194. The molecule has 0 aliphatic carbocycles. The number of carbonyl (C=O) groups excluding carboxylic acids is 1. The lowest BCUT2D eigenvalue weighted by Crippen LogP contribution is -2.46. The quantitative estimate of drug-likeness (QED) is 0.702. The van der Waals surface area contributed by atoms with E-state index in [0.717, 1.165) is 0 Å². The average molecular weight is 224 g/mol. The van der Waals surface area contributed by atoms with E-state index in [2.05, 4.69) is 4.74 Å². The monoisotopic (exact) mass is 224 g/mol. The fourth-order valence-electron chi connectivity index (χ4n) is 1.38. The molecule has 0 radical (unpaired) electrons. The van der Waals surface area contributed by atoms with Crippen LogP contribution in [0.1, 0.15) is 33.6 Å². The van der Waals surface area contributed by atoms with Gasteiger partial charge in [-0.1, -0.05) is 26.7 Å². The highest BCUT2D eigenvalue weighted by Gasteiger charge is 2.50. The Morgan fingerprint density at radius 3 is 2.13 bits per heavy atom. The van der Waals surface area contributed by atoms with Crippen molar-refractivity contribution in [2.75, 3.05) is 6.61 Å². The molecule has 0 amide bonds. The molecule has 0 aromatic heterocycles. The van der Waals surface area contributed by atoms with Gasteiger partial charge in [-0.15, -0.1) is 0 Å². The zero-order valence-electron chi connectivity index (χ0n) is 9.30. The molecule has 0 bridgehead atoms. The number of ether oxygens (including phenoxy) is 1. The SMILES string of the molecule is CCOC(=O)C(F)(F)C(O)C(CC)CC. The molecule has 0 saturated heterocycles. The second-order valence-electron chi connectivity index (χ2n) is 3.36. The maximum atomic E-state index is 13.3. The highest BCUT2D eigenvalue weighted by Crippen LogP contribution is 2.29. The molecule has 1 atom stereocenters. The van der Waals surface area contributed by atoms with Crippen LogP contribution in [0.5, 0.6) is 0 Å². The Bertz CT molecular complexity index is 203. The van der Waals surface area contributed by atoms with E-state index in [0.29, 0.717) is 12.8 Å². The Morgan fingerprint density at radius 1 is 1.33 bits per heavy atom. The molecule has 0 aliphatic heterocycles. The first-order valence-corrected chi connectivity index (χ1v) is 5.14. The lowest BCUT2D eigenvalue weighted by Gasteiger charge is -2.26. The first kappa shape index (κ1) is 14.3. The van der Waals surface area contributed by atoms with Gasteiger partial charge in [0.1, 0.15) is 6.10 Å². The van der Waals surface area contributed by atoms with Crippen molar-refractivity contribution in [3.05, 3.63) is 0 Å². The maximum absolute atomic E-state index is 13.3. The van der Waals surface area contributed by atoms with Crippen LogP contribution in [0.25, 0.3) is 0 Å². The number of aliphatic hydroxyl groups is 1. The summed E-state index contributed by atoms with van der Waals surface area (Å²) in [5.41, 5.74) is 0. The summed E-state index contributed by atoms with van der Waals surface area (Å²) in [6.07, 6.45) is -1.18. The summed E-state index contributed by atoms with van der Waals surface area (Å²) < 4.78 is 30.8. The van der Waals surface area contributed by atoms with E-state index in [9.17, 15) is 18.7 Å². The molecule has 0 aromatic carbocycles. The molecule has 0 aromatic rings. The van der Waals surface area contributed by atoms with Crippen molar-refractivity contribution in [1.82, 2.24) is 0 Å². The van der Waals surface area contributed by atoms with Gasteiger partial charge in [0.05, 0.1) is 6.61 Å². The summed E-state index contributed by atoms with van der Waals surface area (Å²) in [5, 5.41) is 9.38. The minimum absolute atomic E-state index is 0.121. The van der Waals surface area contributed by atoms with Gasteiger partial charge in [0.15, 0.2) is 0 Å². The van der Waals surface area contributed by atoms with Crippen molar-refractivity contribution in [3.63, 3.8) is 0 Å². The molecular weight excluding hydrogens is 206 g/mol. The molecule has 0 spiro atoms. The third-order valence-corrected chi connectivity index (χ3v) is 2.41. The first-order chi connectivity index (χ1) is 6.91. The fourth-order valence-corrected chi connectivity index (χ4v) is 1.38. The van der Waals surface area contributed by atoms with Gasteiger partial charge in [-0.2, -0.15) is 8.78 Å². The summed E-state index contributed by atoms with van der Waals surface area (Å²) in [7, 11) is 0. The van der Waals surface area contributed by atoms with Gasteiger partial charge in [0.25, 0.3) is 0 Å². The zero-order chi connectivity index (χ0) is 12.1. The average Bonchev–Trinajstić information content (AvgIpc) is 2.19. The molecule has 0 fully saturated rings. The van der Waals surface area contributed by atoms with Crippen LogP contribution in [-0.2, 0) is 9.53 Å². The van der Waals surface area contributed by atoms with Crippen LogP contribution in [0.4, 0.5) is 8.78 Å². The molecule has 0 heterocycles. The normalized spacial score (nSPS) is 14.1. The summed E-state index contributed by atoms with van der Waals surface area (Å²) in [6, 6.07) is 0. The molecule has 15 heavy (non-hydrogen) atoms. The van der Waals surface area contributed by atoms with E-state index < -0.39 is 23.9 Å². The van der Waals surface area contributed by atoms with Gasteiger partial charge in [-0.05, 0) is 12.8 Å². The van der Waals surface area contributed by atoms with E-state index >= 15 is 0 Å². The summed E-state index contributed by atoms with van der Waals surface area (Å²) in [5.74, 6) is -6.05. The Kier molecular flexibility index (Phi) is 5.72. The highest BCUT2D eigenvalue weighted by molar-refractivity contribution is 5.78. The Balaban J connectivity index is 4.61. The zero-order valence-corrected chi connectivity index (χ0v) is 9.30. The standard InChI is InChI=1S/C10H18F2O3/c1-4-7(5-2)8(13)10(11,12)9(14)15-6-3/h7-8,13H,4-6H2,1-3H3. The van der Waals surface area contributed by atoms with Crippen LogP contribution < -0.4 is 0 Å². The molecule has 3 nitrogen and oxygen atoms in total. The van der Waals surface area contributed by atoms with Gasteiger partial charge >= 0.3 is 11.9 Å². The van der Waals surface area contributed by atoms with Crippen LogP contribution in [0.2, 0.25) is 0 Å². The number of aliphatic hydroxyl groups excluding tert-OH is 1. The summed E-state index contributed by atoms with van der Waals surface area (Å²) >= 11 is 0. The van der Waals surface area contributed by atoms with Gasteiger partial charge in [0.2, 0.25) is 0 Å². The molecular formula is C10H18F2O3. The van der Waals surface area contributed by atoms with E-state index in [1.54, 1.807) is 13.8 Å². The highest BCUT2D eigenvalue weighted by atomic mass is 19.3. The molecule has 0 saturated carbocycles. The third kappa shape index (κ3) is 3.41. The number of rotatable bonds is 6. The van der Waals surface area contributed by atoms with Crippen molar-refractivity contribution < 1.29 is 23.4 Å². The summed E-state index contributed by atoms with van der Waals surface area (Å²) in [4.78, 5) is 10.9. The fraction of sp³-hybridized carbons (Fsp3) is 0.900. The predicted octanol–water partition coefficient (Wildman–Crippen LogP) is 1.98. The largest absolute Gasteiger partial charge is 0.461 e. The van der Waals surface area contributed by atoms with Crippen LogP contribution >= 0.6 is 0 Å². The Hall–Kier alpha value is -0.710. The van der Waals surface area contributed by atoms with Crippen LogP contribution in [0, 0.1) is 5.92 Å². The summed E-state index contributed by atoms with van der Waals surface area (Å²) in [6.45, 7) is 4.71. The van der Waals surface area contributed by atoms with Gasteiger partial charge < -0.3 is 9.84 Å². The number of alkyl halides is 2. The second kappa shape index (κ2) is 6.00. The number of carbonyl (C=O) groups is 1. The number of halogens is 2. The Labute approximate surface area is 88.4 Å². The topological polar surface area (TPSA) is 46.5 Å². The van der Waals surface area contributed by atoms with Gasteiger partial charge in [-0.25, -0.2) is 4.79 Å². The van der Waals surface area contributed by atoms with Gasteiger partial charge in [0, 0.05) is 0 Å². The lowest BCUT2D eigenvalue weighted by atomic mass is 9.92. The van der Waals surface area contributed by atoms with Crippen LogP contribution in [0.3, 0.4) is 0 Å². The minimum Gasteiger partial charge on any atom is -0.461 e. The minimum atomic E-state index is -3.81. The van der Waals surface area contributed by atoms with Crippen molar-refractivity contribution in [2.24, 2.45) is 5.92 Å². The van der Waals surface area contributed by atoms with E-state index in [-0.39, 0.29) is 6.61 Å². The van der Waals surface area contributed by atoms with Crippen molar-refractivity contribution in [2.45, 2.75) is 45.6 Å². The number of hydrogen-bond donors (Lipinski definition) is 1. The smallest absolute Gasteiger partial charge is 0.379 e. The maximum Gasteiger partial charge on any atom is 0.379 e. The molecule has 0 aliphatic rings. The number of hydrogen-bond acceptors (Lipinski definition) is 3. The Morgan fingerprint density at radius 2 is 1.80 bits per heavy atom. The first-order valence-electron chi connectivity index (χ1n) is 5.14. The molecule has 90 valence electrons. The molecule has 1 N–H and O–H groups in total. The number of esters is 1. The van der Waals surface area contributed by atoms with Crippen molar-refractivity contribution >= 4 is 5.97 Å².